The van der Waals surface area contributed by atoms with Gasteiger partial charge in [-0.3, -0.25) is 0 Å². The molecule has 19 heavy (non-hydrogen) atoms. The molecule has 3 nitrogen and oxygen atoms in total. The molecule has 0 saturated heterocycles. The van der Waals surface area contributed by atoms with Crippen molar-refractivity contribution in [2.45, 2.75) is 31.5 Å². The van der Waals surface area contributed by atoms with Crippen molar-refractivity contribution in [3.8, 4) is 0 Å². The van der Waals surface area contributed by atoms with Crippen molar-refractivity contribution >= 4 is 8.80 Å². The van der Waals surface area contributed by atoms with Gasteiger partial charge in [0, 0.05) is 13.2 Å². The Morgan fingerprint density at radius 2 is 1.89 bits per heavy atom. The third-order valence-corrected chi connectivity index (χ3v) is 4.46. The summed E-state index contributed by atoms with van der Waals surface area (Å²) >= 11 is 0. The van der Waals surface area contributed by atoms with Crippen molar-refractivity contribution in [1.82, 2.24) is 0 Å². The zero-order valence-electron chi connectivity index (χ0n) is 10.6. The molecule has 7 heteroatoms. The summed E-state index contributed by atoms with van der Waals surface area (Å²) in [6, 6.07) is 5.33. The molecular weight excluding hydrogens is 277 g/mol. The molecule has 0 heterocycles. The van der Waals surface area contributed by atoms with Crippen LogP contribution in [0.3, 0.4) is 0 Å². The molecule has 0 amide bonds. The van der Waals surface area contributed by atoms with Crippen LogP contribution < -0.4 is 0 Å². The van der Waals surface area contributed by atoms with Gasteiger partial charge in [-0.25, -0.2) is 0 Å². The predicted molar refractivity (Wildman–Crippen MR) is 66.4 cm³/mol. The third-order valence-electron chi connectivity index (χ3n) is 2.80. The number of unbranched alkanes of at least 4 members (excludes halogenated alkanes) is 1. The van der Waals surface area contributed by atoms with Crippen LogP contribution in [0, 0.1) is 0 Å². The number of hydrogen-bond acceptors (Lipinski definition) is 3. The van der Waals surface area contributed by atoms with Crippen molar-refractivity contribution in [3.63, 3.8) is 0 Å². The summed E-state index contributed by atoms with van der Waals surface area (Å²) in [4.78, 5) is 18.6. The fraction of sp³-hybridized carbons (Fsp3) is 0.500. The lowest BCUT2D eigenvalue weighted by Gasteiger charge is -2.14. The van der Waals surface area contributed by atoms with Crippen LogP contribution in [0.1, 0.15) is 24.0 Å². The highest BCUT2D eigenvalue weighted by Gasteiger charge is 2.31. The fourth-order valence-electron chi connectivity index (χ4n) is 1.69. The summed E-state index contributed by atoms with van der Waals surface area (Å²) in [5, 5.41) is 0. The highest BCUT2D eigenvalue weighted by Crippen LogP contribution is 2.29. The smallest absolute Gasteiger partial charge is 0.390 e. The second-order valence-corrected chi connectivity index (χ2v) is 6.75. The summed E-state index contributed by atoms with van der Waals surface area (Å²) in [5.41, 5.74) is -0.0645. The van der Waals surface area contributed by atoms with E-state index in [-0.39, 0.29) is 6.04 Å². The molecule has 2 N–H and O–H groups in total. The fourth-order valence-corrected chi connectivity index (χ4v) is 2.60. The SMILES string of the molecule is CO[Si](O)(O)CCCCc1cccc(C(F)(F)F)c1. The first-order chi connectivity index (χ1) is 8.74. The Hall–Kier alpha value is -0.893. The molecule has 0 aromatic heterocycles. The minimum atomic E-state index is -4.33. The summed E-state index contributed by atoms with van der Waals surface area (Å²) < 4.78 is 42.0. The molecule has 0 aliphatic rings. The summed E-state index contributed by atoms with van der Waals surface area (Å²) in [6.45, 7) is 0. The number of hydrogen-bond donors (Lipinski definition) is 2. The Labute approximate surface area is 111 Å². The van der Waals surface area contributed by atoms with E-state index < -0.39 is 20.5 Å². The van der Waals surface area contributed by atoms with E-state index in [9.17, 15) is 22.8 Å². The number of aryl methyl sites for hydroxylation is 1. The normalized spacial score (nSPS) is 12.7. The number of alkyl halides is 3. The van der Waals surface area contributed by atoms with Gasteiger partial charge in [0.15, 0.2) is 0 Å². The standard InChI is InChI=1S/C12H17F3O3Si/c1-18-19(16,17)8-3-2-5-10-6-4-7-11(9-10)12(13,14)15/h4,6-7,9,16-17H,2-3,5,8H2,1H3. The van der Waals surface area contributed by atoms with E-state index >= 15 is 0 Å². The summed E-state index contributed by atoms with van der Waals surface area (Å²) in [7, 11) is -2.30. The van der Waals surface area contributed by atoms with E-state index in [0.717, 1.165) is 12.1 Å². The lowest BCUT2D eigenvalue weighted by Crippen LogP contribution is -2.37. The molecule has 1 aromatic rings. The Kier molecular flexibility index (Phi) is 5.54. The van der Waals surface area contributed by atoms with Crippen LogP contribution >= 0.6 is 0 Å². The molecule has 0 fully saturated rings. The van der Waals surface area contributed by atoms with Crippen LogP contribution in [0.15, 0.2) is 24.3 Å². The van der Waals surface area contributed by atoms with E-state index in [1.165, 1.54) is 13.2 Å². The van der Waals surface area contributed by atoms with E-state index in [1.807, 2.05) is 0 Å². The van der Waals surface area contributed by atoms with E-state index in [4.69, 9.17) is 0 Å². The third kappa shape index (κ3) is 5.73. The Balaban J connectivity index is 2.46. The Morgan fingerprint density at radius 3 is 2.47 bits per heavy atom. The summed E-state index contributed by atoms with van der Waals surface area (Å²) in [6.07, 6.45) is -2.77. The molecule has 108 valence electrons. The average molecular weight is 294 g/mol. The van der Waals surface area contributed by atoms with E-state index in [1.54, 1.807) is 6.07 Å². The molecule has 0 aliphatic carbocycles. The largest absolute Gasteiger partial charge is 0.495 e. The van der Waals surface area contributed by atoms with Gasteiger partial charge in [-0.05, 0) is 30.9 Å². The van der Waals surface area contributed by atoms with Gasteiger partial charge >= 0.3 is 15.0 Å². The van der Waals surface area contributed by atoms with Gasteiger partial charge in [0.25, 0.3) is 0 Å². The zero-order valence-corrected chi connectivity index (χ0v) is 11.6. The van der Waals surface area contributed by atoms with Crippen molar-refractivity contribution in [1.29, 1.82) is 0 Å². The van der Waals surface area contributed by atoms with Gasteiger partial charge in [0.2, 0.25) is 0 Å². The number of halogens is 3. The maximum Gasteiger partial charge on any atom is 0.495 e. The molecule has 0 saturated carbocycles. The lowest BCUT2D eigenvalue weighted by molar-refractivity contribution is -0.137. The average Bonchev–Trinajstić information content (AvgIpc) is 2.34. The van der Waals surface area contributed by atoms with Crippen molar-refractivity contribution < 1.29 is 27.2 Å². The second kappa shape index (κ2) is 6.51. The quantitative estimate of drug-likeness (QED) is 0.626. The second-order valence-electron chi connectivity index (χ2n) is 4.35. The van der Waals surface area contributed by atoms with Crippen LogP contribution in [-0.2, 0) is 17.0 Å². The molecule has 0 aliphatic heterocycles. The van der Waals surface area contributed by atoms with Crippen molar-refractivity contribution in [3.05, 3.63) is 35.4 Å². The van der Waals surface area contributed by atoms with Crippen LogP contribution in [0.4, 0.5) is 13.2 Å². The van der Waals surface area contributed by atoms with Crippen LogP contribution in [-0.4, -0.2) is 25.5 Å². The first-order valence-electron chi connectivity index (χ1n) is 5.91. The minimum absolute atomic E-state index is 0.155. The molecule has 0 radical (unpaired) electrons. The molecule has 0 bridgehead atoms. The maximum absolute atomic E-state index is 12.5. The molecule has 0 atom stereocenters. The summed E-state index contributed by atoms with van der Waals surface area (Å²) in [5.74, 6) is 0. The minimum Gasteiger partial charge on any atom is -0.390 e. The number of benzene rings is 1. The molecule has 1 rings (SSSR count). The van der Waals surface area contributed by atoms with Gasteiger partial charge in [-0.15, -0.1) is 0 Å². The highest BCUT2D eigenvalue weighted by molar-refractivity contribution is 6.57. The first kappa shape index (κ1) is 16.2. The molecular formula is C12H17F3O3Si. The zero-order chi connectivity index (χ0) is 14.5. The van der Waals surface area contributed by atoms with Gasteiger partial charge in [-0.1, -0.05) is 18.2 Å². The topological polar surface area (TPSA) is 49.7 Å². The molecule has 0 spiro atoms. The molecule has 1 aromatic carbocycles. The van der Waals surface area contributed by atoms with Crippen LogP contribution in [0.2, 0.25) is 6.04 Å². The van der Waals surface area contributed by atoms with Gasteiger partial charge in [0.1, 0.15) is 0 Å². The van der Waals surface area contributed by atoms with E-state index in [2.05, 4.69) is 4.43 Å². The van der Waals surface area contributed by atoms with Gasteiger partial charge in [-0.2, -0.15) is 13.2 Å². The van der Waals surface area contributed by atoms with Crippen molar-refractivity contribution in [2.24, 2.45) is 0 Å². The monoisotopic (exact) mass is 294 g/mol. The predicted octanol–water partition coefficient (Wildman–Crippen LogP) is 2.60. The maximum atomic E-state index is 12.5. The Morgan fingerprint density at radius 1 is 1.21 bits per heavy atom. The molecule has 0 unspecified atom stereocenters. The van der Waals surface area contributed by atoms with Crippen molar-refractivity contribution in [2.75, 3.05) is 7.11 Å². The first-order valence-corrected chi connectivity index (χ1v) is 7.91. The van der Waals surface area contributed by atoms with Crippen LogP contribution in [0.5, 0.6) is 0 Å². The highest BCUT2D eigenvalue weighted by atomic mass is 28.4. The number of rotatable bonds is 6. The van der Waals surface area contributed by atoms with Gasteiger partial charge < -0.3 is 14.0 Å². The lowest BCUT2D eigenvalue weighted by atomic mass is 10.1. The Bertz CT molecular complexity index is 407. The van der Waals surface area contributed by atoms with Gasteiger partial charge in [0.05, 0.1) is 5.56 Å². The van der Waals surface area contributed by atoms with Crippen LogP contribution in [0.25, 0.3) is 0 Å². The van der Waals surface area contributed by atoms with E-state index in [0.29, 0.717) is 24.8 Å².